The Morgan fingerprint density at radius 2 is 2.23 bits per heavy atom. The molecule has 1 atom stereocenters. The van der Waals surface area contributed by atoms with Crippen LogP contribution in [0.15, 0.2) is 18.3 Å². The van der Waals surface area contributed by atoms with Gasteiger partial charge in [0.25, 0.3) is 5.91 Å². The number of pyridine rings is 1. The Kier molecular flexibility index (Phi) is 6.14. The number of likely N-dealkylation sites (tertiary alicyclic amines) is 1. The zero-order valence-corrected chi connectivity index (χ0v) is 16.1. The van der Waals surface area contributed by atoms with Gasteiger partial charge in [0, 0.05) is 37.8 Å². The summed E-state index contributed by atoms with van der Waals surface area (Å²) < 4.78 is 0. The summed E-state index contributed by atoms with van der Waals surface area (Å²) in [6, 6.07) is 4.30. The van der Waals surface area contributed by atoms with E-state index in [1.807, 2.05) is 19.2 Å². The van der Waals surface area contributed by atoms with Crippen molar-refractivity contribution in [2.45, 2.75) is 44.6 Å². The van der Waals surface area contributed by atoms with Gasteiger partial charge in [0.05, 0.1) is 12.2 Å². The maximum absolute atomic E-state index is 12.3. The first-order chi connectivity index (χ1) is 12.5. The third kappa shape index (κ3) is 4.74. The molecule has 2 N–H and O–H groups in total. The van der Waals surface area contributed by atoms with Gasteiger partial charge in [-0.1, -0.05) is 6.42 Å². The molecule has 0 unspecified atom stereocenters. The molecule has 1 aliphatic heterocycles. The Morgan fingerprint density at radius 1 is 1.42 bits per heavy atom. The number of nitrogens with zero attached hydrogens (tertiary/aromatic N) is 3. The number of nitrogens with one attached hydrogen (secondary N) is 1. The maximum atomic E-state index is 12.3. The van der Waals surface area contributed by atoms with Gasteiger partial charge in [0.15, 0.2) is 0 Å². The van der Waals surface area contributed by atoms with Crippen molar-refractivity contribution in [2.75, 3.05) is 45.2 Å². The highest BCUT2D eigenvalue weighted by molar-refractivity contribution is 5.94. The molecule has 0 bridgehead atoms. The zero-order chi connectivity index (χ0) is 18.6. The van der Waals surface area contributed by atoms with Crippen LogP contribution in [0.4, 0.5) is 5.82 Å². The average Bonchev–Trinajstić information content (AvgIpc) is 3.43. The number of aromatic nitrogens is 1. The molecular weight excluding hydrogens is 328 g/mol. The molecule has 0 radical (unpaired) electrons. The van der Waals surface area contributed by atoms with Gasteiger partial charge >= 0.3 is 0 Å². The largest absolute Gasteiger partial charge is 0.396 e. The van der Waals surface area contributed by atoms with Gasteiger partial charge in [-0.25, -0.2) is 4.98 Å². The SMILES string of the molecule is CN(CC1(CO)CC1)c1ccc(C(=O)NCC[C@H]2CCCCN2C)cn1. The first-order valence-corrected chi connectivity index (χ1v) is 9.79. The van der Waals surface area contributed by atoms with E-state index in [2.05, 4.69) is 27.1 Å². The lowest BCUT2D eigenvalue weighted by molar-refractivity contribution is 0.0945. The second-order valence-corrected chi connectivity index (χ2v) is 8.09. The van der Waals surface area contributed by atoms with E-state index in [0.29, 0.717) is 18.2 Å². The maximum Gasteiger partial charge on any atom is 0.252 e. The number of aliphatic hydroxyl groups is 1. The summed E-state index contributed by atoms with van der Waals surface area (Å²) in [5, 5.41) is 12.5. The van der Waals surface area contributed by atoms with Crippen LogP contribution < -0.4 is 10.2 Å². The number of anilines is 1. The molecule has 2 heterocycles. The fourth-order valence-corrected chi connectivity index (χ4v) is 3.84. The van der Waals surface area contributed by atoms with Crippen LogP contribution in [0.25, 0.3) is 0 Å². The molecule has 6 nitrogen and oxygen atoms in total. The van der Waals surface area contributed by atoms with Crippen molar-refractivity contribution in [3.8, 4) is 0 Å². The van der Waals surface area contributed by atoms with E-state index in [1.165, 1.54) is 19.3 Å². The van der Waals surface area contributed by atoms with E-state index in [9.17, 15) is 9.90 Å². The molecule has 144 valence electrons. The Labute approximate surface area is 156 Å². The summed E-state index contributed by atoms with van der Waals surface area (Å²) in [5.41, 5.74) is 0.654. The van der Waals surface area contributed by atoms with Crippen molar-refractivity contribution in [1.82, 2.24) is 15.2 Å². The minimum atomic E-state index is -0.0563. The van der Waals surface area contributed by atoms with Gasteiger partial charge in [-0.15, -0.1) is 0 Å². The predicted molar refractivity (Wildman–Crippen MR) is 103 cm³/mol. The lowest BCUT2D eigenvalue weighted by atomic mass is 10.0. The molecular formula is C20H32N4O2. The van der Waals surface area contributed by atoms with Gasteiger partial charge in [0.2, 0.25) is 0 Å². The standard InChI is InChI=1S/C20H32N4O2/c1-23-12-4-3-5-17(23)8-11-21-19(26)16-6-7-18(22-13-16)24(2)14-20(15-25)9-10-20/h6-7,13,17,25H,3-5,8-12,14-15H2,1-2H3,(H,21,26)/t17-/m1/s1. The number of hydrogen-bond donors (Lipinski definition) is 2. The van der Waals surface area contributed by atoms with Crippen LogP contribution in [0, 0.1) is 5.41 Å². The second-order valence-electron chi connectivity index (χ2n) is 8.09. The highest BCUT2D eigenvalue weighted by Crippen LogP contribution is 2.45. The number of carbonyl (C=O) groups excluding carboxylic acids is 1. The molecule has 3 rings (SSSR count). The first kappa shape index (κ1) is 19.1. The molecule has 1 aromatic heterocycles. The fraction of sp³-hybridized carbons (Fsp3) is 0.700. The van der Waals surface area contributed by atoms with E-state index in [1.54, 1.807) is 6.20 Å². The molecule has 0 aromatic carbocycles. The molecule has 1 amide bonds. The lowest BCUT2D eigenvalue weighted by Gasteiger charge is -2.32. The van der Waals surface area contributed by atoms with Crippen molar-refractivity contribution < 1.29 is 9.90 Å². The summed E-state index contributed by atoms with van der Waals surface area (Å²) in [4.78, 5) is 21.2. The molecule has 6 heteroatoms. The van der Waals surface area contributed by atoms with Crippen LogP contribution in [-0.4, -0.2) is 67.3 Å². The summed E-state index contributed by atoms with van der Waals surface area (Å²) in [6.07, 6.45) is 8.59. The van der Waals surface area contributed by atoms with E-state index in [-0.39, 0.29) is 17.9 Å². The van der Waals surface area contributed by atoms with Crippen molar-refractivity contribution >= 4 is 11.7 Å². The highest BCUT2D eigenvalue weighted by atomic mass is 16.3. The smallest absolute Gasteiger partial charge is 0.252 e. The minimum Gasteiger partial charge on any atom is -0.396 e. The van der Waals surface area contributed by atoms with Gasteiger partial charge in [-0.2, -0.15) is 0 Å². The summed E-state index contributed by atoms with van der Waals surface area (Å²) in [6.45, 7) is 2.90. The van der Waals surface area contributed by atoms with Crippen LogP contribution >= 0.6 is 0 Å². The lowest BCUT2D eigenvalue weighted by Crippen LogP contribution is -2.39. The number of piperidine rings is 1. The minimum absolute atomic E-state index is 0.0543. The van der Waals surface area contributed by atoms with Crippen LogP contribution in [0.3, 0.4) is 0 Å². The molecule has 1 saturated heterocycles. The fourth-order valence-electron chi connectivity index (χ4n) is 3.84. The number of amides is 1. The van der Waals surface area contributed by atoms with Crippen LogP contribution in [0.1, 0.15) is 48.9 Å². The molecule has 2 fully saturated rings. The molecule has 2 aliphatic rings. The van der Waals surface area contributed by atoms with Gasteiger partial charge in [0.1, 0.15) is 5.82 Å². The number of aliphatic hydroxyl groups excluding tert-OH is 1. The quantitative estimate of drug-likeness (QED) is 0.741. The zero-order valence-electron chi connectivity index (χ0n) is 16.1. The number of rotatable bonds is 8. The molecule has 1 saturated carbocycles. The van der Waals surface area contributed by atoms with E-state index in [4.69, 9.17) is 0 Å². The molecule has 1 aliphatic carbocycles. The van der Waals surface area contributed by atoms with E-state index >= 15 is 0 Å². The van der Waals surface area contributed by atoms with Crippen molar-refractivity contribution in [3.05, 3.63) is 23.9 Å². The third-order valence-electron chi connectivity index (χ3n) is 5.95. The van der Waals surface area contributed by atoms with Crippen molar-refractivity contribution in [1.29, 1.82) is 0 Å². The highest BCUT2D eigenvalue weighted by Gasteiger charge is 2.43. The van der Waals surface area contributed by atoms with Crippen LogP contribution in [-0.2, 0) is 0 Å². The van der Waals surface area contributed by atoms with E-state index in [0.717, 1.165) is 38.2 Å². The second kappa shape index (κ2) is 8.35. The molecule has 0 spiro atoms. The Hall–Kier alpha value is -1.66. The van der Waals surface area contributed by atoms with Crippen molar-refractivity contribution in [3.63, 3.8) is 0 Å². The normalized spacial score (nSPS) is 22.0. The topological polar surface area (TPSA) is 68.7 Å². The molecule has 26 heavy (non-hydrogen) atoms. The van der Waals surface area contributed by atoms with E-state index < -0.39 is 0 Å². The number of hydrogen-bond acceptors (Lipinski definition) is 5. The summed E-state index contributed by atoms with van der Waals surface area (Å²) in [7, 11) is 4.16. The van der Waals surface area contributed by atoms with Crippen molar-refractivity contribution in [2.24, 2.45) is 5.41 Å². The average molecular weight is 361 g/mol. The monoisotopic (exact) mass is 360 g/mol. The Bertz CT molecular complexity index is 600. The first-order valence-electron chi connectivity index (χ1n) is 9.79. The summed E-state index contributed by atoms with van der Waals surface area (Å²) >= 11 is 0. The Morgan fingerprint density at radius 3 is 2.85 bits per heavy atom. The predicted octanol–water partition coefficient (Wildman–Crippen LogP) is 1.89. The van der Waals surface area contributed by atoms with Crippen LogP contribution in [0.2, 0.25) is 0 Å². The Balaban J connectivity index is 1.46. The number of carbonyl (C=O) groups is 1. The third-order valence-corrected chi connectivity index (χ3v) is 5.95. The van der Waals surface area contributed by atoms with Gasteiger partial charge in [-0.3, -0.25) is 4.79 Å². The van der Waals surface area contributed by atoms with Gasteiger partial charge < -0.3 is 20.2 Å². The molecule has 1 aromatic rings. The summed E-state index contributed by atoms with van der Waals surface area (Å²) in [5.74, 6) is 0.782. The van der Waals surface area contributed by atoms with Crippen LogP contribution in [0.5, 0.6) is 0 Å². The van der Waals surface area contributed by atoms with Gasteiger partial charge in [-0.05, 0) is 57.8 Å².